The van der Waals surface area contributed by atoms with Gasteiger partial charge in [0.2, 0.25) is 0 Å². The summed E-state index contributed by atoms with van der Waals surface area (Å²) in [6.07, 6.45) is 1.66. The minimum Gasteiger partial charge on any atom is -0.393 e. The van der Waals surface area contributed by atoms with Gasteiger partial charge in [-0.1, -0.05) is 0 Å². The summed E-state index contributed by atoms with van der Waals surface area (Å²) in [7, 11) is 0. The molecule has 0 aliphatic carbocycles. The molecule has 1 aliphatic heterocycles. The number of pyridine rings is 1. The summed E-state index contributed by atoms with van der Waals surface area (Å²) in [5.74, 6) is -0.475. The number of aromatic nitrogens is 1. The van der Waals surface area contributed by atoms with Crippen LogP contribution in [0.4, 0.5) is 13.2 Å². The zero-order valence-electron chi connectivity index (χ0n) is 10.4. The zero-order valence-corrected chi connectivity index (χ0v) is 11.2. The number of rotatable bonds is 2. The SMILES string of the molecule is O=C(c1cccnc1SC(F)(F)F)N1CCC(O)CC1. The molecule has 0 atom stereocenters. The molecule has 0 radical (unpaired) electrons. The number of alkyl halides is 3. The Morgan fingerprint density at radius 3 is 2.65 bits per heavy atom. The predicted molar refractivity (Wildman–Crippen MR) is 67.3 cm³/mol. The Balaban J connectivity index is 2.17. The van der Waals surface area contributed by atoms with E-state index < -0.39 is 17.5 Å². The van der Waals surface area contributed by atoms with Crippen molar-refractivity contribution in [2.24, 2.45) is 0 Å². The van der Waals surface area contributed by atoms with Crippen molar-refractivity contribution in [1.82, 2.24) is 9.88 Å². The van der Waals surface area contributed by atoms with Crippen LogP contribution in [0.5, 0.6) is 0 Å². The highest BCUT2D eigenvalue weighted by Crippen LogP contribution is 2.37. The van der Waals surface area contributed by atoms with Crippen molar-refractivity contribution < 1.29 is 23.1 Å². The van der Waals surface area contributed by atoms with Crippen LogP contribution in [0.2, 0.25) is 0 Å². The van der Waals surface area contributed by atoms with Crippen LogP contribution in [0.1, 0.15) is 23.2 Å². The van der Waals surface area contributed by atoms with Crippen LogP contribution in [0.3, 0.4) is 0 Å². The number of hydrogen-bond donors (Lipinski definition) is 1. The first-order valence-corrected chi connectivity index (χ1v) is 6.86. The molecule has 2 rings (SSSR count). The number of hydrogen-bond acceptors (Lipinski definition) is 4. The lowest BCUT2D eigenvalue weighted by molar-refractivity contribution is -0.0329. The molecular formula is C12H13F3N2O2S. The highest BCUT2D eigenvalue weighted by molar-refractivity contribution is 8.00. The van der Waals surface area contributed by atoms with Gasteiger partial charge in [-0.15, -0.1) is 0 Å². The van der Waals surface area contributed by atoms with Gasteiger partial charge in [-0.3, -0.25) is 4.79 Å². The van der Waals surface area contributed by atoms with E-state index in [2.05, 4.69) is 4.98 Å². The van der Waals surface area contributed by atoms with Crippen molar-refractivity contribution >= 4 is 17.7 Å². The molecule has 1 N–H and O–H groups in total. The molecule has 20 heavy (non-hydrogen) atoms. The molecule has 1 aliphatic rings. The van der Waals surface area contributed by atoms with Crippen molar-refractivity contribution in [3.8, 4) is 0 Å². The number of nitrogens with zero attached hydrogens (tertiary/aromatic N) is 2. The van der Waals surface area contributed by atoms with Crippen LogP contribution in [0, 0.1) is 0 Å². The van der Waals surface area contributed by atoms with Gasteiger partial charge in [0.1, 0.15) is 5.03 Å². The quantitative estimate of drug-likeness (QED) is 0.852. The first kappa shape index (κ1) is 15.1. The van der Waals surface area contributed by atoms with E-state index >= 15 is 0 Å². The van der Waals surface area contributed by atoms with Gasteiger partial charge in [0.25, 0.3) is 5.91 Å². The van der Waals surface area contributed by atoms with Gasteiger partial charge in [0.15, 0.2) is 0 Å². The number of likely N-dealkylation sites (tertiary alicyclic amines) is 1. The second kappa shape index (κ2) is 6.01. The van der Waals surface area contributed by atoms with Gasteiger partial charge in [0, 0.05) is 31.0 Å². The summed E-state index contributed by atoms with van der Waals surface area (Å²) in [5, 5.41) is 9.05. The number of aliphatic hydroxyl groups is 1. The van der Waals surface area contributed by atoms with Crippen molar-refractivity contribution in [2.45, 2.75) is 29.5 Å². The first-order valence-electron chi connectivity index (χ1n) is 6.05. The number of carbonyl (C=O) groups is 1. The lowest BCUT2D eigenvalue weighted by atomic mass is 10.1. The number of aliphatic hydroxyl groups excluding tert-OH is 1. The van der Waals surface area contributed by atoms with Gasteiger partial charge in [-0.05, 0) is 25.0 Å². The highest BCUT2D eigenvalue weighted by Gasteiger charge is 2.33. The smallest absolute Gasteiger partial charge is 0.393 e. The Bertz CT molecular complexity index is 488. The standard InChI is InChI=1S/C12H13F3N2O2S/c13-12(14,15)20-10-9(2-1-5-16-10)11(19)17-6-3-8(18)4-7-17/h1-2,5,8,18H,3-4,6-7H2. The summed E-state index contributed by atoms with van der Waals surface area (Å²) in [6, 6.07) is 2.78. The van der Waals surface area contributed by atoms with Crippen molar-refractivity contribution in [1.29, 1.82) is 0 Å². The third-order valence-corrected chi connectivity index (χ3v) is 3.72. The molecular weight excluding hydrogens is 293 g/mol. The van der Waals surface area contributed by atoms with Crippen LogP contribution >= 0.6 is 11.8 Å². The van der Waals surface area contributed by atoms with Gasteiger partial charge in [-0.2, -0.15) is 13.2 Å². The Morgan fingerprint density at radius 1 is 1.40 bits per heavy atom. The van der Waals surface area contributed by atoms with E-state index in [4.69, 9.17) is 0 Å². The molecule has 1 fully saturated rings. The van der Waals surface area contributed by atoms with E-state index in [-0.39, 0.29) is 22.4 Å². The molecule has 8 heteroatoms. The normalized spacial score (nSPS) is 17.3. The monoisotopic (exact) mass is 306 g/mol. The van der Waals surface area contributed by atoms with Crippen LogP contribution in [0.15, 0.2) is 23.4 Å². The average Bonchev–Trinajstić information content (AvgIpc) is 2.37. The Hall–Kier alpha value is -1.28. The number of amides is 1. The largest absolute Gasteiger partial charge is 0.447 e. The summed E-state index contributed by atoms with van der Waals surface area (Å²) in [4.78, 5) is 17.3. The van der Waals surface area contributed by atoms with Crippen LogP contribution < -0.4 is 0 Å². The van der Waals surface area contributed by atoms with Gasteiger partial charge < -0.3 is 10.0 Å². The minimum atomic E-state index is -4.48. The van der Waals surface area contributed by atoms with E-state index in [0.29, 0.717) is 25.9 Å². The third-order valence-electron chi connectivity index (χ3n) is 2.97. The molecule has 4 nitrogen and oxygen atoms in total. The topological polar surface area (TPSA) is 53.4 Å². The fourth-order valence-electron chi connectivity index (χ4n) is 1.98. The lowest BCUT2D eigenvalue weighted by Gasteiger charge is -2.30. The maximum absolute atomic E-state index is 12.4. The molecule has 2 heterocycles. The van der Waals surface area contributed by atoms with Crippen LogP contribution in [-0.4, -0.2) is 45.6 Å². The average molecular weight is 306 g/mol. The molecule has 1 saturated heterocycles. The second-order valence-electron chi connectivity index (χ2n) is 4.43. The molecule has 1 aromatic heterocycles. The Morgan fingerprint density at radius 2 is 2.05 bits per heavy atom. The van der Waals surface area contributed by atoms with E-state index in [1.54, 1.807) is 0 Å². The van der Waals surface area contributed by atoms with Crippen molar-refractivity contribution in [2.75, 3.05) is 13.1 Å². The lowest BCUT2D eigenvalue weighted by Crippen LogP contribution is -2.40. The molecule has 1 aromatic rings. The van der Waals surface area contributed by atoms with E-state index in [9.17, 15) is 23.1 Å². The van der Waals surface area contributed by atoms with Gasteiger partial charge in [-0.25, -0.2) is 4.98 Å². The Labute approximate surface area is 118 Å². The fourth-order valence-corrected chi connectivity index (χ4v) is 2.58. The van der Waals surface area contributed by atoms with Gasteiger partial charge in [0.05, 0.1) is 11.7 Å². The molecule has 1 amide bonds. The maximum atomic E-state index is 12.4. The molecule has 110 valence electrons. The number of halogens is 3. The number of thioether (sulfide) groups is 1. The summed E-state index contributed by atoms with van der Waals surface area (Å²) in [6.45, 7) is 0.677. The summed E-state index contributed by atoms with van der Waals surface area (Å²) < 4.78 is 37.3. The van der Waals surface area contributed by atoms with E-state index in [1.165, 1.54) is 23.2 Å². The first-order chi connectivity index (χ1) is 9.37. The number of piperidine rings is 1. The predicted octanol–water partition coefficient (Wildman–Crippen LogP) is 2.29. The van der Waals surface area contributed by atoms with Crippen molar-refractivity contribution in [3.63, 3.8) is 0 Å². The molecule has 0 unspecified atom stereocenters. The summed E-state index contributed by atoms with van der Waals surface area (Å²) in [5.41, 5.74) is -4.53. The van der Waals surface area contributed by atoms with Crippen LogP contribution in [-0.2, 0) is 0 Å². The van der Waals surface area contributed by atoms with E-state index in [0.717, 1.165) is 0 Å². The maximum Gasteiger partial charge on any atom is 0.447 e. The van der Waals surface area contributed by atoms with Crippen LogP contribution in [0.25, 0.3) is 0 Å². The minimum absolute atomic E-state index is 0.0498. The van der Waals surface area contributed by atoms with Gasteiger partial charge >= 0.3 is 5.51 Å². The van der Waals surface area contributed by atoms with Crippen molar-refractivity contribution in [3.05, 3.63) is 23.9 Å². The number of carbonyl (C=O) groups excluding carboxylic acids is 1. The molecule has 0 spiro atoms. The summed E-state index contributed by atoms with van der Waals surface area (Å²) >= 11 is -0.388. The Kier molecular flexibility index (Phi) is 4.54. The molecule has 0 aromatic carbocycles. The third kappa shape index (κ3) is 3.86. The highest BCUT2D eigenvalue weighted by atomic mass is 32.2. The van der Waals surface area contributed by atoms with E-state index in [1.807, 2.05) is 0 Å². The molecule has 0 saturated carbocycles. The fraction of sp³-hybridized carbons (Fsp3) is 0.500. The zero-order chi connectivity index (χ0) is 14.8. The molecule has 0 bridgehead atoms. The second-order valence-corrected chi connectivity index (χ2v) is 5.48.